The molecule has 0 unspecified atom stereocenters. The second kappa shape index (κ2) is 4.95. The van der Waals surface area contributed by atoms with Gasteiger partial charge in [0.15, 0.2) is 11.5 Å². The third-order valence-corrected chi connectivity index (χ3v) is 2.60. The van der Waals surface area contributed by atoms with Crippen molar-refractivity contribution < 1.29 is 24.1 Å². The SMILES string of the molecule is COc1cc(CCCC(=O)O)c2c(c1)OCO2. The molecule has 0 aliphatic carbocycles. The summed E-state index contributed by atoms with van der Waals surface area (Å²) in [6.07, 6.45) is 1.35. The first-order valence-corrected chi connectivity index (χ1v) is 5.39. The van der Waals surface area contributed by atoms with E-state index in [2.05, 4.69) is 0 Å². The van der Waals surface area contributed by atoms with Crippen molar-refractivity contribution in [3.8, 4) is 17.2 Å². The summed E-state index contributed by atoms with van der Waals surface area (Å²) >= 11 is 0. The minimum absolute atomic E-state index is 0.146. The van der Waals surface area contributed by atoms with Gasteiger partial charge in [-0.15, -0.1) is 0 Å². The van der Waals surface area contributed by atoms with E-state index in [0.29, 0.717) is 30.1 Å². The van der Waals surface area contributed by atoms with Crippen LogP contribution in [0.25, 0.3) is 0 Å². The van der Waals surface area contributed by atoms with Crippen LogP contribution in [0.15, 0.2) is 12.1 Å². The van der Waals surface area contributed by atoms with Gasteiger partial charge in [-0.1, -0.05) is 0 Å². The van der Waals surface area contributed by atoms with Gasteiger partial charge in [0.25, 0.3) is 0 Å². The van der Waals surface area contributed by atoms with Crippen molar-refractivity contribution >= 4 is 5.97 Å². The van der Waals surface area contributed by atoms with E-state index in [9.17, 15) is 4.79 Å². The van der Waals surface area contributed by atoms with Gasteiger partial charge in [0, 0.05) is 18.1 Å². The van der Waals surface area contributed by atoms with Gasteiger partial charge in [-0.05, 0) is 18.9 Å². The fourth-order valence-electron chi connectivity index (χ4n) is 1.79. The van der Waals surface area contributed by atoms with Crippen LogP contribution >= 0.6 is 0 Å². The molecule has 1 aliphatic rings. The van der Waals surface area contributed by atoms with E-state index >= 15 is 0 Å². The number of aliphatic carboxylic acids is 1. The van der Waals surface area contributed by atoms with Crippen LogP contribution in [0, 0.1) is 0 Å². The number of carboxylic acid groups (broad SMARTS) is 1. The highest BCUT2D eigenvalue weighted by atomic mass is 16.7. The van der Waals surface area contributed by atoms with Crippen LogP contribution in [-0.2, 0) is 11.2 Å². The Morgan fingerprint density at radius 1 is 1.47 bits per heavy atom. The predicted molar refractivity (Wildman–Crippen MR) is 59.7 cm³/mol. The molecule has 0 fully saturated rings. The normalized spacial score (nSPS) is 12.5. The zero-order valence-electron chi connectivity index (χ0n) is 9.56. The molecule has 0 atom stereocenters. The number of carboxylic acids is 1. The lowest BCUT2D eigenvalue weighted by Crippen LogP contribution is -1.98. The first-order chi connectivity index (χ1) is 8.20. The quantitative estimate of drug-likeness (QED) is 0.847. The molecule has 1 heterocycles. The molecule has 1 N–H and O–H groups in total. The lowest BCUT2D eigenvalue weighted by atomic mass is 10.1. The van der Waals surface area contributed by atoms with E-state index in [4.69, 9.17) is 19.3 Å². The van der Waals surface area contributed by atoms with Gasteiger partial charge in [-0.25, -0.2) is 0 Å². The summed E-state index contributed by atoms with van der Waals surface area (Å²) in [6, 6.07) is 3.62. The van der Waals surface area contributed by atoms with Crippen LogP contribution in [0.3, 0.4) is 0 Å². The maximum Gasteiger partial charge on any atom is 0.303 e. The van der Waals surface area contributed by atoms with E-state index in [1.165, 1.54) is 0 Å². The Morgan fingerprint density at radius 3 is 3.00 bits per heavy atom. The third-order valence-electron chi connectivity index (χ3n) is 2.60. The molecule has 0 spiro atoms. The van der Waals surface area contributed by atoms with Crippen molar-refractivity contribution in [1.29, 1.82) is 0 Å². The predicted octanol–water partition coefficient (Wildman–Crippen LogP) is 1.83. The molecule has 0 saturated heterocycles. The highest BCUT2D eigenvalue weighted by Crippen LogP contribution is 2.39. The largest absolute Gasteiger partial charge is 0.497 e. The van der Waals surface area contributed by atoms with E-state index in [1.54, 1.807) is 13.2 Å². The summed E-state index contributed by atoms with van der Waals surface area (Å²) in [5.74, 6) is 1.27. The monoisotopic (exact) mass is 238 g/mol. The van der Waals surface area contributed by atoms with Gasteiger partial charge >= 0.3 is 5.97 Å². The lowest BCUT2D eigenvalue weighted by Gasteiger charge is -2.08. The molecule has 0 amide bonds. The first kappa shape index (κ1) is 11.6. The van der Waals surface area contributed by atoms with Gasteiger partial charge in [-0.2, -0.15) is 0 Å². The van der Waals surface area contributed by atoms with Gasteiger partial charge in [0.1, 0.15) is 5.75 Å². The standard InChI is InChI=1S/C12H14O5/c1-15-9-5-8(3-2-4-11(13)14)12-10(6-9)16-7-17-12/h5-6H,2-4,7H2,1H3,(H,13,14). The molecule has 1 aliphatic heterocycles. The molecular formula is C12H14O5. The lowest BCUT2D eigenvalue weighted by molar-refractivity contribution is -0.137. The molecule has 1 aromatic rings. The van der Waals surface area contributed by atoms with Crippen molar-refractivity contribution in [3.05, 3.63) is 17.7 Å². The fraction of sp³-hybridized carbons (Fsp3) is 0.417. The molecule has 2 rings (SSSR count). The fourth-order valence-corrected chi connectivity index (χ4v) is 1.79. The van der Waals surface area contributed by atoms with Crippen LogP contribution in [-0.4, -0.2) is 25.0 Å². The molecular weight excluding hydrogens is 224 g/mol. The first-order valence-electron chi connectivity index (χ1n) is 5.39. The molecule has 1 aromatic carbocycles. The smallest absolute Gasteiger partial charge is 0.303 e. The minimum Gasteiger partial charge on any atom is -0.497 e. The summed E-state index contributed by atoms with van der Waals surface area (Å²) < 4.78 is 15.8. The number of hydrogen-bond donors (Lipinski definition) is 1. The number of rotatable bonds is 5. The maximum atomic E-state index is 10.5. The van der Waals surface area contributed by atoms with E-state index in [-0.39, 0.29) is 13.2 Å². The number of benzene rings is 1. The van der Waals surface area contributed by atoms with Crippen molar-refractivity contribution in [2.45, 2.75) is 19.3 Å². The molecule has 0 saturated carbocycles. The number of aryl methyl sites for hydroxylation is 1. The van der Waals surface area contributed by atoms with E-state index in [1.807, 2.05) is 6.07 Å². The van der Waals surface area contributed by atoms with Gasteiger partial charge < -0.3 is 19.3 Å². The van der Waals surface area contributed by atoms with Crippen molar-refractivity contribution in [1.82, 2.24) is 0 Å². The highest BCUT2D eigenvalue weighted by Gasteiger charge is 2.19. The summed E-state index contributed by atoms with van der Waals surface area (Å²) in [5.41, 5.74) is 0.929. The molecule has 0 radical (unpaired) electrons. The Balaban J connectivity index is 2.14. The van der Waals surface area contributed by atoms with Crippen LogP contribution in [0.5, 0.6) is 17.2 Å². The third kappa shape index (κ3) is 2.61. The number of methoxy groups -OCH3 is 1. The number of hydrogen-bond acceptors (Lipinski definition) is 4. The molecule has 0 aromatic heterocycles. The zero-order valence-corrected chi connectivity index (χ0v) is 9.56. The Labute approximate surface area is 98.9 Å². The topological polar surface area (TPSA) is 65.0 Å². The number of ether oxygens (including phenoxy) is 3. The van der Waals surface area contributed by atoms with Gasteiger partial charge in [-0.3, -0.25) is 4.79 Å². The minimum atomic E-state index is -0.790. The van der Waals surface area contributed by atoms with Crippen molar-refractivity contribution in [2.24, 2.45) is 0 Å². The summed E-state index contributed by atoms with van der Waals surface area (Å²) in [6.45, 7) is 0.203. The summed E-state index contributed by atoms with van der Waals surface area (Å²) in [4.78, 5) is 10.5. The molecule has 17 heavy (non-hydrogen) atoms. The Hall–Kier alpha value is -1.91. The maximum absolute atomic E-state index is 10.5. The molecule has 92 valence electrons. The molecule has 0 bridgehead atoms. The van der Waals surface area contributed by atoms with E-state index < -0.39 is 5.97 Å². The average Bonchev–Trinajstić information content (AvgIpc) is 2.76. The Bertz CT molecular complexity index is 427. The Kier molecular flexibility index (Phi) is 3.37. The second-order valence-electron chi connectivity index (χ2n) is 3.77. The number of fused-ring (bicyclic) bond motifs is 1. The molecule has 5 nitrogen and oxygen atoms in total. The summed E-state index contributed by atoms with van der Waals surface area (Å²) in [5, 5.41) is 8.61. The van der Waals surface area contributed by atoms with Crippen LogP contribution < -0.4 is 14.2 Å². The average molecular weight is 238 g/mol. The number of carbonyl (C=O) groups is 1. The van der Waals surface area contributed by atoms with Crippen molar-refractivity contribution in [3.63, 3.8) is 0 Å². The summed E-state index contributed by atoms with van der Waals surface area (Å²) in [7, 11) is 1.58. The molecule has 5 heteroatoms. The van der Waals surface area contributed by atoms with Gasteiger partial charge in [0.2, 0.25) is 6.79 Å². The van der Waals surface area contributed by atoms with Crippen LogP contribution in [0.4, 0.5) is 0 Å². The van der Waals surface area contributed by atoms with Crippen LogP contribution in [0.2, 0.25) is 0 Å². The van der Waals surface area contributed by atoms with Crippen LogP contribution in [0.1, 0.15) is 18.4 Å². The van der Waals surface area contributed by atoms with Crippen molar-refractivity contribution in [2.75, 3.05) is 13.9 Å². The highest BCUT2D eigenvalue weighted by molar-refractivity contribution is 5.66. The van der Waals surface area contributed by atoms with E-state index in [0.717, 1.165) is 5.56 Å². The Morgan fingerprint density at radius 2 is 2.29 bits per heavy atom. The van der Waals surface area contributed by atoms with Gasteiger partial charge in [0.05, 0.1) is 7.11 Å². The zero-order chi connectivity index (χ0) is 12.3. The second-order valence-corrected chi connectivity index (χ2v) is 3.77.